The average Bonchev–Trinajstić information content (AvgIpc) is 2.48. The van der Waals surface area contributed by atoms with E-state index in [1.165, 1.54) is 20.2 Å². The van der Waals surface area contributed by atoms with Crippen LogP contribution in [0.25, 0.3) is 0 Å². The van der Waals surface area contributed by atoms with Crippen molar-refractivity contribution >= 4 is 17.4 Å². The molecule has 0 aliphatic rings. The number of nitrogens with zero attached hydrogens (tertiary/aromatic N) is 1. The Morgan fingerprint density at radius 1 is 1.43 bits per heavy atom. The van der Waals surface area contributed by atoms with Gasteiger partial charge in [0.2, 0.25) is 0 Å². The number of hydrogen-bond donors (Lipinski definition) is 2. The molecule has 0 saturated carbocycles. The second-order valence-corrected chi connectivity index (χ2v) is 4.20. The Bertz CT molecular complexity index is 588. The maximum absolute atomic E-state index is 11.7. The molecule has 0 aromatic heterocycles. The largest absolute Gasteiger partial charge is 0.383 e. The molecule has 2 N–H and O–H groups in total. The van der Waals surface area contributed by atoms with Crippen LogP contribution in [0.3, 0.4) is 0 Å². The molecule has 0 saturated heterocycles. The molecule has 0 atom stereocenters. The van der Waals surface area contributed by atoms with Gasteiger partial charge in [0.05, 0.1) is 6.61 Å². The van der Waals surface area contributed by atoms with Crippen LogP contribution < -0.4 is 10.6 Å². The fourth-order valence-electron chi connectivity index (χ4n) is 1.49. The molecule has 0 heterocycles. The normalized spacial score (nSPS) is 10.6. The third-order valence-electron chi connectivity index (χ3n) is 2.61. The maximum Gasteiger partial charge on any atom is 0.263 e. The summed E-state index contributed by atoms with van der Waals surface area (Å²) >= 11 is 0. The molecule has 1 rings (SSSR count). The number of Topliss-reactive ketones (excluding diaryl/α,β-unsaturated/α-hetero) is 1. The van der Waals surface area contributed by atoms with Gasteiger partial charge in [0.1, 0.15) is 11.6 Å². The van der Waals surface area contributed by atoms with Gasteiger partial charge >= 0.3 is 0 Å². The first-order chi connectivity index (χ1) is 10.1. The second-order valence-electron chi connectivity index (χ2n) is 4.20. The van der Waals surface area contributed by atoms with E-state index in [-0.39, 0.29) is 11.4 Å². The number of benzene rings is 1. The average molecular weight is 287 g/mol. The number of hydrogen-bond acceptors (Lipinski definition) is 5. The van der Waals surface area contributed by atoms with Gasteiger partial charge in [-0.25, -0.2) is 0 Å². The van der Waals surface area contributed by atoms with Crippen LogP contribution in [-0.2, 0) is 9.53 Å². The van der Waals surface area contributed by atoms with E-state index in [0.29, 0.717) is 24.4 Å². The lowest BCUT2D eigenvalue weighted by molar-refractivity contribution is -0.117. The van der Waals surface area contributed by atoms with E-state index in [4.69, 9.17) is 10.00 Å². The van der Waals surface area contributed by atoms with Crippen molar-refractivity contribution < 1.29 is 14.3 Å². The van der Waals surface area contributed by atoms with Crippen molar-refractivity contribution in [3.8, 4) is 6.07 Å². The number of carbonyl (C=O) groups excluding carboxylic acids is 2. The van der Waals surface area contributed by atoms with E-state index >= 15 is 0 Å². The molecule has 0 unspecified atom stereocenters. The molecule has 1 aromatic rings. The van der Waals surface area contributed by atoms with E-state index in [1.54, 1.807) is 24.3 Å². The first kappa shape index (κ1) is 16.4. The van der Waals surface area contributed by atoms with Crippen LogP contribution in [0.2, 0.25) is 0 Å². The van der Waals surface area contributed by atoms with Crippen LogP contribution in [0.15, 0.2) is 36.0 Å². The molecule has 0 aliphatic heterocycles. The van der Waals surface area contributed by atoms with Gasteiger partial charge in [-0.15, -0.1) is 0 Å². The molecule has 0 aliphatic carbocycles. The van der Waals surface area contributed by atoms with Crippen LogP contribution >= 0.6 is 0 Å². The van der Waals surface area contributed by atoms with Crippen molar-refractivity contribution in [1.82, 2.24) is 5.32 Å². The topological polar surface area (TPSA) is 91.2 Å². The minimum atomic E-state index is -0.482. The van der Waals surface area contributed by atoms with Crippen molar-refractivity contribution in [2.75, 3.05) is 25.6 Å². The van der Waals surface area contributed by atoms with E-state index in [9.17, 15) is 9.59 Å². The van der Waals surface area contributed by atoms with Crippen LogP contribution in [0.1, 0.15) is 17.3 Å². The Morgan fingerprint density at radius 3 is 2.81 bits per heavy atom. The molecule has 110 valence electrons. The number of anilines is 1. The fraction of sp³-hybridized carbons (Fsp3) is 0.267. The number of nitriles is 1. The summed E-state index contributed by atoms with van der Waals surface area (Å²) in [5.74, 6) is -0.537. The zero-order valence-electron chi connectivity index (χ0n) is 12.0. The maximum atomic E-state index is 11.7. The molecule has 0 radical (unpaired) electrons. The van der Waals surface area contributed by atoms with Gasteiger partial charge in [0.15, 0.2) is 5.78 Å². The Kier molecular flexibility index (Phi) is 6.65. The Balaban J connectivity index is 2.72. The molecule has 0 spiro atoms. The SMILES string of the molecule is COCCNC(=O)/C(C#N)=C\Nc1cccc(C(C)=O)c1. The molecule has 0 bridgehead atoms. The molecule has 21 heavy (non-hydrogen) atoms. The van der Waals surface area contributed by atoms with Gasteiger partial charge in [-0.05, 0) is 19.1 Å². The quantitative estimate of drug-likeness (QED) is 0.343. The predicted molar refractivity (Wildman–Crippen MR) is 78.7 cm³/mol. The monoisotopic (exact) mass is 287 g/mol. The molecular weight excluding hydrogens is 270 g/mol. The van der Waals surface area contributed by atoms with E-state index in [0.717, 1.165) is 0 Å². The van der Waals surface area contributed by atoms with Crippen LogP contribution in [0, 0.1) is 11.3 Å². The van der Waals surface area contributed by atoms with Gasteiger partial charge < -0.3 is 15.4 Å². The first-order valence-electron chi connectivity index (χ1n) is 6.33. The number of rotatable bonds is 7. The van der Waals surface area contributed by atoms with Crippen molar-refractivity contribution in [2.24, 2.45) is 0 Å². The standard InChI is InChI=1S/C15H17N3O3/c1-11(19)12-4-3-5-14(8-12)18-10-13(9-16)15(20)17-6-7-21-2/h3-5,8,10,18H,6-7H2,1-2H3,(H,17,20)/b13-10-. The highest BCUT2D eigenvalue weighted by atomic mass is 16.5. The summed E-state index contributed by atoms with van der Waals surface area (Å²) in [4.78, 5) is 23.0. The number of amides is 1. The molecule has 6 heteroatoms. The van der Waals surface area contributed by atoms with Crippen LogP contribution in [0.4, 0.5) is 5.69 Å². The zero-order valence-corrected chi connectivity index (χ0v) is 12.0. The van der Waals surface area contributed by atoms with E-state index in [2.05, 4.69) is 10.6 Å². The Labute approximate surface area is 123 Å². The first-order valence-corrected chi connectivity index (χ1v) is 6.33. The molecule has 1 aromatic carbocycles. The molecule has 1 amide bonds. The summed E-state index contributed by atoms with van der Waals surface area (Å²) in [5, 5.41) is 14.4. The molecule has 0 fully saturated rings. The van der Waals surface area contributed by atoms with Gasteiger partial charge in [-0.3, -0.25) is 9.59 Å². The van der Waals surface area contributed by atoms with Gasteiger partial charge in [0, 0.05) is 31.1 Å². The summed E-state index contributed by atoms with van der Waals surface area (Å²) < 4.78 is 4.81. The Morgan fingerprint density at radius 2 is 2.19 bits per heavy atom. The minimum absolute atomic E-state index is 0.0551. The molecule has 6 nitrogen and oxygen atoms in total. The lowest BCUT2D eigenvalue weighted by Crippen LogP contribution is -2.28. The van der Waals surface area contributed by atoms with Crippen molar-refractivity contribution in [2.45, 2.75) is 6.92 Å². The van der Waals surface area contributed by atoms with Gasteiger partial charge in [-0.1, -0.05) is 12.1 Å². The third kappa shape index (κ3) is 5.47. The van der Waals surface area contributed by atoms with E-state index in [1.807, 2.05) is 6.07 Å². The summed E-state index contributed by atoms with van der Waals surface area (Å²) in [5.41, 5.74) is 1.12. The number of methoxy groups -OCH3 is 1. The highest BCUT2D eigenvalue weighted by molar-refractivity contribution is 5.97. The highest BCUT2D eigenvalue weighted by Gasteiger charge is 2.07. The Hall–Kier alpha value is -2.65. The lowest BCUT2D eigenvalue weighted by atomic mass is 10.1. The zero-order chi connectivity index (χ0) is 15.7. The van der Waals surface area contributed by atoms with Crippen molar-refractivity contribution in [1.29, 1.82) is 5.26 Å². The van der Waals surface area contributed by atoms with Crippen molar-refractivity contribution in [3.05, 3.63) is 41.6 Å². The number of ketones is 1. The van der Waals surface area contributed by atoms with Crippen molar-refractivity contribution in [3.63, 3.8) is 0 Å². The minimum Gasteiger partial charge on any atom is -0.383 e. The predicted octanol–water partition coefficient (Wildman–Crippen LogP) is 1.47. The summed E-state index contributed by atoms with van der Waals surface area (Å²) in [6.45, 7) is 2.17. The summed E-state index contributed by atoms with van der Waals surface area (Å²) in [6, 6.07) is 8.62. The summed E-state index contributed by atoms with van der Waals surface area (Å²) in [7, 11) is 1.52. The van der Waals surface area contributed by atoms with Gasteiger partial charge in [0.25, 0.3) is 5.91 Å². The second kappa shape index (κ2) is 8.51. The van der Waals surface area contributed by atoms with E-state index < -0.39 is 5.91 Å². The highest BCUT2D eigenvalue weighted by Crippen LogP contribution is 2.11. The number of carbonyl (C=O) groups is 2. The third-order valence-corrected chi connectivity index (χ3v) is 2.61. The fourth-order valence-corrected chi connectivity index (χ4v) is 1.49. The van der Waals surface area contributed by atoms with Crippen LogP contribution in [-0.4, -0.2) is 32.0 Å². The summed E-state index contributed by atoms with van der Waals surface area (Å²) in [6.07, 6.45) is 1.31. The number of ether oxygens (including phenoxy) is 1. The number of nitrogens with one attached hydrogen (secondary N) is 2. The molecular formula is C15H17N3O3. The lowest BCUT2D eigenvalue weighted by Gasteiger charge is -2.05. The van der Waals surface area contributed by atoms with Gasteiger partial charge in [-0.2, -0.15) is 5.26 Å². The van der Waals surface area contributed by atoms with Crippen LogP contribution in [0.5, 0.6) is 0 Å². The smallest absolute Gasteiger partial charge is 0.263 e.